The van der Waals surface area contributed by atoms with E-state index in [1.807, 2.05) is 18.4 Å². The zero-order chi connectivity index (χ0) is 12.8. The van der Waals surface area contributed by atoms with E-state index < -0.39 is 0 Å². The Morgan fingerprint density at radius 3 is 2.76 bits per heavy atom. The number of rotatable bonds is 6. The van der Waals surface area contributed by atoms with E-state index in [2.05, 4.69) is 25.2 Å². The molecule has 1 atom stereocenters. The van der Waals surface area contributed by atoms with Gasteiger partial charge in [0.1, 0.15) is 4.99 Å². The topological polar surface area (TPSA) is 38.0 Å². The Morgan fingerprint density at radius 1 is 1.53 bits per heavy atom. The molecule has 94 valence electrons. The Bertz CT molecular complexity index is 391. The number of hydrogen-bond acceptors (Lipinski definition) is 3. The van der Waals surface area contributed by atoms with E-state index in [0.717, 1.165) is 22.6 Å². The van der Waals surface area contributed by atoms with Gasteiger partial charge in [0.25, 0.3) is 0 Å². The van der Waals surface area contributed by atoms with Crippen molar-refractivity contribution in [1.29, 1.82) is 0 Å². The maximum Gasteiger partial charge on any atom is 0.107 e. The lowest BCUT2D eigenvalue weighted by molar-refractivity contribution is 0.690. The summed E-state index contributed by atoms with van der Waals surface area (Å²) in [5.41, 5.74) is 7.84. The Kier molecular flexibility index (Phi) is 5.78. The minimum atomic E-state index is 0.435. The average Bonchev–Trinajstić information content (AvgIpc) is 2.28. The highest BCUT2D eigenvalue weighted by Gasteiger charge is 2.11. The first kappa shape index (κ1) is 14.3. The quantitative estimate of drug-likeness (QED) is 0.610. The van der Waals surface area contributed by atoms with Gasteiger partial charge >= 0.3 is 0 Å². The molecule has 4 heteroatoms. The van der Waals surface area contributed by atoms with Crippen LogP contribution in [0, 0.1) is 0 Å². The van der Waals surface area contributed by atoms with Crippen molar-refractivity contribution in [3.05, 3.63) is 23.8 Å². The molecule has 1 aromatic rings. The standard InChI is InChI=1S/C13H20N2S2/c1-4-6-9(2)15-10-7-5-8-11(17-3)12(10)13(14)16/h5,7-9,15H,4,6H2,1-3H3,(H2,14,16). The van der Waals surface area contributed by atoms with Gasteiger partial charge in [-0.1, -0.05) is 31.6 Å². The van der Waals surface area contributed by atoms with Gasteiger partial charge in [0.2, 0.25) is 0 Å². The van der Waals surface area contributed by atoms with Crippen LogP contribution in [0.1, 0.15) is 32.3 Å². The van der Waals surface area contributed by atoms with Crippen molar-refractivity contribution in [2.75, 3.05) is 11.6 Å². The molecule has 0 aliphatic carbocycles. The summed E-state index contributed by atoms with van der Waals surface area (Å²) in [4.78, 5) is 1.59. The van der Waals surface area contributed by atoms with Crippen molar-refractivity contribution in [2.24, 2.45) is 5.73 Å². The third kappa shape index (κ3) is 3.89. The molecule has 0 bridgehead atoms. The molecule has 0 radical (unpaired) electrons. The van der Waals surface area contributed by atoms with E-state index in [1.54, 1.807) is 11.8 Å². The number of hydrogen-bond donors (Lipinski definition) is 2. The molecule has 1 unspecified atom stereocenters. The van der Waals surface area contributed by atoms with Crippen molar-refractivity contribution in [3.63, 3.8) is 0 Å². The monoisotopic (exact) mass is 268 g/mol. The van der Waals surface area contributed by atoms with E-state index >= 15 is 0 Å². The maximum absolute atomic E-state index is 5.82. The molecule has 0 aromatic heterocycles. The molecular weight excluding hydrogens is 248 g/mol. The Hall–Kier alpha value is -0.740. The highest BCUT2D eigenvalue weighted by molar-refractivity contribution is 7.98. The fourth-order valence-corrected chi connectivity index (χ4v) is 2.77. The molecule has 0 saturated heterocycles. The summed E-state index contributed by atoms with van der Waals surface area (Å²) in [5, 5.41) is 3.49. The summed E-state index contributed by atoms with van der Waals surface area (Å²) in [7, 11) is 0. The average molecular weight is 268 g/mol. The maximum atomic E-state index is 5.82. The molecule has 0 amide bonds. The summed E-state index contributed by atoms with van der Waals surface area (Å²) in [5.74, 6) is 0. The van der Waals surface area contributed by atoms with Crippen molar-refractivity contribution >= 4 is 34.7 Å². The molecule has 0 aliphatic heterocycles. The fraction of sp³-hybridized carbons (Fsp3) is 0.462. The summed E-state index contributed by atoms with van der Waals surface area (Å²) in [6.07, 6.45) is 4.34. The van der Waals surface area contributed by atoms with Gasteiger partial charge in [-0.2, -0.15) is 0 Å². The minimum absolute atomic E-state index is 0.435. The number of thiocarbonyl (C=S) groups is 1. The van der Waals surface area contributed by atoms with E-state index in [1.165, 1.54) is 6.42 Å². The lowest BCUT2D eigenvalue weighted by Crippen LogP contribution is -2.19. The zero-order valence-electron chi connectivity index (χ0n) is 10.6. The van der Waals surface area contributed by atoms with Gasteiger partial charge < -0.3 is 11.1 Å². The van der Waals surface area contributed by atoms with Gasteiger partial charge in [0.15, 0.2) is 0 Å². The Labute approximate surface area is 113 Å². The van der Waals surface area contributed by atoms with Crippen molar-refractivity contribution in [2.45, 2.75) is 37.6 Å². The lowest BCUT2D eigenvalue weighted by atomic mass is 10.1. The van der Waals surface area contributed by atoms with E-state index in [0.29, 0.717) is 11.0 Å². The van der Waals surface area contributed by atoms with Crippen LogP contribution in [0.5, 0.6) is 0 Å². The number of benzene rings is 1. The number of nitrogens with two attached hydrogens (primary N) is 1. The van der Waals surface area contributed by atoms with E-state index in [9.17, 15) is 0 Å². The summed E-state index contributed by atoms with van der Waals surface area (Å²) in [6, 6.07) is 6.56. The molecular formula is C13H20N2S2. The smallest absolute Gasteiger partial charge is 0.107 e. The van der Waals surface area contributed by atoms with E-state index in [4.69, 9.17) is 18.0 Å². The normalized spacial score (nSPS) is 12.2. The summed E-state index contributed by atoms with van der Waals surface area (Å²) < 4.78 is 0. The van der Waals surface area contributed by atoms with Crippen molar-refractivity contribution in [3.8, 4) is 0 Å². The van der Waals surface area contributed by atoms with Gasteiger partial charge in [-0.15, -0.1) is 11.8 Å². The molecule has 3 N–H and O–H groups in total. The number of anilines is 1. The van der Waals surface area contributed by atoms with Crippen LogP contribution in [0.4, 0.5) is 5.69 Å². The van der Waals surface area contributed by atoms with Crippen LogP contribution in [-0.4, -0.2) is 17.3 Å². The first-order valence-electron chi connectivity index (χ1n) is 5.83. The van der Waals surface area contributed by atoms with E-state index in [-0.39, 0.29) is 0 Å². The highest BCUT2D eigenvalue weighted by atomic mass is 32.2. The van der Waals surface area contributed by atoms with Crippen LogP contribution < -0.4 is 11.1 Å². The molecule has 17 heavy (non-hydrogen) atoms. The molecule has 2 nitrogen and oxygen atoms in total. The van der Waals surface area contributed by atoms with Gasteiger partial charge in [0, 0.05) is 22.2 Å². The Balaban J connectivity index is 3.02. The summed E-state index contributed by atoms with van der Waals surface area (Å²) in [6.45, 7) is 4.36. The Morgan fingerprint density at radius 2 is 2.24 bits per heavy atom. The molecule has 1 rings (SSSR count). The molecule has 1 aromatic carbocycles. The third-order valence-electron chi connectivity index (χ3n) is 2.62. The van der Waals surface area contributed by atoms with Crippen LogP contribution >= 0.6 is 24.0 Å². The number of nitrogens with one attached hydrogen (secondary N) is 1. The van der Waals surface area contributed by atoms with Gasteiger partial charge in [-0.25, -0.2) is 0 Å². The first-order chi connectivity index (χ1) is 8.10. The molecule has 0 saturated carbocycles. The second-order valence-corrected chi connectivity index (χ2v) is 5.37. The fourth-order valence-electron chi connectivity index (χ4n) is 1.85. The van der Waals surface area contributed by atoms with Crippen molar-refractivity contribution < 1.29 is 0 Å². The zero-order valence-corrected chi connectivity index (χ0v) is 12.3. The first-order valence-corrected chi connectivity index (χ1v) is 7.46. The van der Waals surface area contributed by atoms with Crippen LogP contribution in [0.3, 0.4) is 0 Å². The second kappa shape index (κ2) is 6.87. The largest absolute Gasteiger partial charge is 0.389 e. The number of thioether (sulfide) groups is 1. The highest BCUT2D eigenvalue weighted by Crippen LogP contribution is 2.27. The predicted octanol–water partition coefficient (Wildman–Crippen LogP) is 3.64. The van der Waals surface area contributed by atoms with Crippen LogP contribution in [0.2, 0.25) is 0 Å². The minimum Gasteiger partial charge on any atom is -0.389 e. The van der Waals surface area contributed by atoms with Gasteiger partial charge in [-0.05, 0) is 31.7 Å². The molecule has 0 heterocycles. The summed E-state index contributed by atoms with van der Waals surface area (Å²) >= 11 is 6.82. The predicted molar refractivity (Wildman–Crippen MR) is 82.1 cm³/mol. The van der Waals surface area contributed by atoms with Crippen LogP contribution in [0.25, 0.3) is 0 Å². The van der Waals surface area contributed by atoms with Crippen LogP contribution in [-0.2, 0) is 0 Å². The molecule has 0 spiro atoms. The SMILES string of the molecule is CCCC(C)Nc1cccc(SC)c1C(N)=S. The van der Waals surface area contributed by atoms with Crippen molar-refractivity contribution in [1.82, 2.24) is 0 Å². The lowest BCUT2D eigenvalue weighted by Gasteiger charge is -2.18. The molecule has 0 aliphatic rings. The second-order valence-electron chi connectivity index (χ2n) is 4.08. The van der Waals surface area contributed by atoms with Crippen LogP contribution in [0.15, 0.2) is 23.1 Å². The molecule has 0 fully saturated rings. The van der Waals surface area contributed by atoms with Gasteiger partial charge in [0.05, 0.1) is 0 Å². The third-order valence-corrected chi connectivity index (χ3v) is 3.60. The van der Waals surface area contributed by atoms with Gasteiger partial charge in [-0.3, -0.25) is 0 Å².